The number of carbonyl (C=O) groups is 1. The fourth-order valence-electron chi connectivity index (χ4n) is 2.75. The van der Waals surface area contributed by atoms with E-state index in [-0.39, 0.29) is 5.91 Å². The highest BCUT2D eigenvalue weighted by atomic mass is 16.2. The third-order valence-corrected chi connectivity index (χ3v) is 4.39. The van der Waals surface area contributed by atoms with Gasteiger partial charge in [0.15, 0.2) is 0 Å². The summed E-state index contributed by atoms with van der Waals surface area (Å²) >= 11 is 0. The van der Waals surface area contributed by atoms with Gasteiger partial charge in [-0.2, -0.15) is 0 Å². The zero-order valence-electron chi connectivity index (χ0n) is 15.6. The molecule has 1 heterocycles. The zero-order valence-corrected chi connectivity index (χ0v) is 15.6. The molecule has 1 aliphatic rings. The number of anilines is 1. The Morgan fingerprint density at radius 2 is 1.69 bits per heavy atom. The van der Waals surface area contributed by atoms with Gasteiger partial charge in [-0.3, -0.25) is 9.69 Å². The van der Waals surface area contributed by atoms with Crippen LogP contribution in [0.2, 0.25) is 0 Å². The summed E-state index contributed by atoms with van der Waals surface area (Å²) < 4.78 is 0. The van der Waals surface area contributed by atoms with Crippen molar-refractivity contribution in [3.05, 3.63) is 77.5 Å². The lowest BCUT2D eigenvalue weighted by molar-refractivity contribution is -0.121. The molecule has 0 unspecified atom stereocenters. The van der Waals surface area contributed by atoms with Crippen molar-refractivity contribution in [2.45, 2.75) is 6.92 Å². The van der Waals surface area contributed by atoms with Gasteiger partial charge in [0.25, 0.3) is 5.91 Å². The molecule has 1 amide bonds. The van der Waals surface area contributed by atoms with E-state index in [1.54, 1.807) is 11.9 Å². The molecule has 0 atom stereocenters. The number of allylic oxidation sites excluding steroid dienone is 1. The van der Waals surface area contributed by atoms with E-state index in [1.165, 1.54) is 0 Å². The fraction of sp³-hybridized carbons (Fsp3) is 0.182. The molecule has 0 spiro atoms. The lowest BCUT2D eigenvalue weighted by atomic mass is 10.1. The molecular weight excluding hydrogens is 322 g/mol. The maximum absolute atomic E-state index is 12.5. The van der Waals surface area contributed by atoms with Gasteiger partial charge in [-0.05, 0) is 47.9 Å². The van der Waals surface area contributed by atoms with Crippen LogP contribution in [-0.2, 0) is 4.79 Å². The van der Waals surface area contributed by atoms with Gasteiger partial charge >= 0.3 is 0 Å². The third kappa shape index (κ3) is 3.75. The largest absolute Gasteiger partial charge is 0.378 e. The van der Waals surface area contributed by atoms with Gasteiger partial charge < -0.3 is 4.90 Å². The molecule has 4 nitrogen and oxygen atoms in total. The van der Waals surface area contributed by atoms with Crippen LogP contribution in [0.15, 0.2) is 71.4 Å². The first-order valence-electron chi connectivity index (χ1n) is 8.55. The highest BCUT2D eigenvalue weighted by Crippen LogP contribution is 2.21. The summed E-state index contributed by atoms with van der Waals surface area (Å²) in [4.78, 5) is 20.7. The summed E-state index contributed by atoms with van der Waals surface area (Å²) in [5.41, 5.74) is 4.72. The number of amidine groups is 1. The van der Waals surface area contributed by atoms with Crippen LogP contribution in [0.25, 0.3) is 11.6 Å². The Labute approximate surface area is 154 Å². The number of hydrogen-bond acceptors (Lipinski definition) is 3. The number of rotatable bonds is 4. The quantitative estimate of drug-likeness (QED) is 0.783. The van der Waals surface area contributed by atoms with Gasteiger partial charge in [-0.25, -0.2) is 4.99 Å². The molecule has 0 N–H and O–H groups in total. The van der Waals surface area contributed by atoms with E-state index < -0.39 is 0 Å². The molecule has 3 rings (SSSR count). The summed E-state index contributed by atoms with van der Waals surface area (Å²) in [7, 11) is 5.76. The van der Waals surface area contributed by atoms with E-state index in [9.17, 15) is 4.79 Å². The monoisotopic (exact) mass is 345 g/mol. The van der Waals surface area contributed by atoms with Crippen molar-refractivity contribution in [2.75, 3.05) is 26.0 Å². The summed E-state index contributed by atoms with van der Waals surface area (Å²) in [6.45, 7) is 2.03. The average molecular weight is 345 g/mol. The third-order valence-electron chi connectivity index (χ3n) is 4.39. The van der Waals surface area contributed by atoms with Crippen molar-refractivity contribution in [1.29, 1.82) is 0 Å². The van der Waals surface area contributed by atoms with Gasteiger partial charge in [0, 0.05) is 26.8 Å². The minimum Gasteiger partial charge on any atom is -0.378 e. The number of likely N-dealkylation sites (N-methyl/N-ethyl adjacent to an activating group) is 1. The molecule has 0 saturated heterocycles. The van der Waals surface area contributed by atoms with Crippen molar-refractivity contribution in [1.82, 2.24) is 4.90 Å². The summed E-state index contributed by atoms with van der Waals surface area (Å²) in [5, 5.41) is 0. The summed E-state index contributed by atoms with van der Waals surface area (Å²) in [5.74, 6) is 0.571. The molecular formula is C22H23N3O. The second kappa shape index (κ2) is 7.40. The second-order valence-electron chi connectivity index (χ2n) is 6.54. The lowest BCUT2D eigenvalue weighted by Crippen LogP contribution is -2.26. The Morgan fingerprint density at radius 3 is 2.31 bits per heavy atom. The Hall–Kier alpha value is -3.14. The standard InChI is InChI=1S/C22H23N3O/c1-16(18-8-6-5-7-9-18)14-21-23-20(22(26)25(21)4)15-17-10-12-19(13-11-17)24(2)3/h5-15H,1-4H3/b16-14-,20-15-. The Balaban J connectivity index is 1.88. The minimum atomic E-state index is -0.0891. The van der Waals surface area contributed by atoms with E-state index in [0.29, 0.717) is 11.5 Å². The maximum atomic E-state index is 12.5. The number of nitrogens with zero attached hydrogens (tertiary/aromatic N) is 3. The first kappa shape index (κ1) is 17.7. The fourth-order valence-corrected chi connectivity index (χ4v) is 2.75. The molecule has 2 aromatic rings. The molecule has 4 heteroatoms. The van der Waals surface area contributed by atoms with E-state index >= 15 is 0 Å². The minimum absolute atomic E-state index is 0.0891. The van der Waals surface area contributed by atoms with Crippen molar-refractivity contribution >= 4 is 29.1 Å². The average Bonchev–Trinajstić information content (AvgIpc) is 2.91. The van der Waals surface area contributed by atoms with Crippen LogP contribution in [0.4, 0.5) is 5.69 Å². The topological polar surface area (TPSA) is 35.9 Å². The normalized spacial score (nSPS) is 16.2. The molecule has 0 saturated carbocycles. The van der Waals surface area contributed by atoms with Crippen LogP contribution in [0, 0.1) is 0 Å². The van der Waals surface area contributed by atoms with Gasteiger partial charge in [-0.15, -0.1) is 0 Å². The van der Waals surface area contributed by atoms with E-state index in [0.717, 1.165) is 22.4 Å². The van der Waals surface area contributed by atoms with Crippen LogP contribution < -0.4 is 4.90 Å². The van der Waals surface area contributed by atoms with E-state index in [2.05, 4.69) is 4.99 Å². The Kier molecular flexibility index (Phi) is 5.03. The molecule has 2 aromatic carbocycles. The van der Waals surface area contributed by atoms with Crippen molar-refractivity contribution in [3.63, 3.8) is 0 Å². The number of aliphatic imine (C=N–C) groups is 1. The SMILES string of the molecule is C/C(=C/C1=NC(=C\c2ccc(N(C)C)cc2)/C(=O)N1C)c1ccccc1. The number of benzene rings is 2. The molecule has 132 valence electrons. The van der Waals surface area contributed by atoms with Gasteiger partial charge in [-0.1, -0.05) is 42.5 Å². The van der Waals surface area contributed by atoms with Crippen LogP contribution in [0.3, 0.4) is 0 Å². The predicted octanol–water partition coefficient (Wildman–Crippen LogP) is 4.07. The van der Waals surface area contributed by atoms with Crippen LogP contribution in [0.1, 0.15) is 18.1 Å². The maximum Gasteiger partial charge on any atom is 0.277 e. The van der Waals surface area contributed by atoms with E-state index in [4.69, 9.17) is 0 Å². The summed E-state index contributed by atoms with van der Waals surface area (Å²) in [6.07, 6.45) is 3.78. The van der Waals surface area contributed by atoms with Gasteiger partial charge in [0.05, 0.1) is 0 Å². The number of carbonyl (C=O) groups excluding carboxylic acids is 1. The van der Waals surface area contributed by atoms with Crippen LogP contribution >= 0.6 is 0 Å². The molecule has 0 radical (unpaired) electrons. The lowest BCUT2D eigenvalue weighted by Gasteiger charge is -2.11. The molecule has 1 aliphatic heterocycles. The highest BCUT2D eigenvalue weighted by molar-refractivity contribution is 6.18. The second-order valence-corrected chi connectivity index (χ2v) is 6.54. The molecule has 0 bridgehead atoms. The summed E-state index contributed by atoms with van der Waals surface area (Å²) in [6, 6.07) is 18.1. The smallest absolute Gasteiger partial charge is 0.277 e. The van der Waals surface area contributed by atoms with Crippen LogP contribution in [0.5, 0.6) is 0 Å². The van der Waals surface area contributed by atoms with Crippen molar-refractivity contribution < 1.29 is 4.79 Å². The van der Waals surface area contributed by atoms with Crippen molar-refractivity contribution in [3.8, 4) is 0 Å². The van der Waals surface area contributed by atoms with Crippen LogP contribution in [-0.4, -0.2) is 37.8 Å². The van der Waals surface area contributed by atoms with Crippen molar-refractivity contribution in [2.24, 2.45) is 4.99 Å². The molecule has 0 aliphatic carbocycles. The Bertz CT molecular complexity index is 891. The molecule has 26 heavy (non-hydrogen) atoms. The zero-order chi connectivity index (χ0) is 18.7. The molecule has 0 fully saturated rings. The first-order chi connectivity index (χ1) is 12.5. The number of hydrogen-bond donors (Lipinski definition) is 0. The predicted molar refractivity (Wildman–Crippen MR) is 109 cm³/mol. The first-order valence-corrected chi connectivity index (χ1v) is 8.55. The van der Waals surface area contributed by atoms with Gasteiger partial charge in [0.2, 0.25) is 0 Å². The number of amides is 1. The molecule has 0 aromatic heterocycles. The Morgan fingerprint density at radius 1 is 1.04 bits per heavy atom. The highest BCUT2D eigenvalue weighted by Gasteiger charge is 2.25. The van der Waals surface area contributed by atoms with E-state index in [1.807, 2.05) is 92.7 Å². The van der Waals surface area contributed by atoms with Gasteiger partial charge in [0.1, 0.15) is 11.5 Å².